The van der Waals surface area contributed by atoms with Crippen molar-refractivity contribution in [1.29, 1.82) is 0 Å². The predicted octanol–water partition coefficient (Wildman–Crippen LogP) is 4.02. The number of para-hydroxylation sites is 1. The second-order valence-corrected chi connectivity index (χ2v) is 5.23. The van der Waals surface area contributed by atoms with Crippen LogP contribution in [0.25, 0.3) is 22.3 Å². The van der Waals surface area contributed by atoms with Crippen molar-refractivity contribution < 1.29 is 0 Å². The summed E-state index contributed by atoms with van der Waals surface area (Å²) in [5.41, 5.74) is 1.85. The summed E-state index contributed by atoms with van der Waals surface area (Å²) in [7, 11) is 3.97. The fraction of sp³-hybridized carbons (Fsp3) is 0.125. The summed E-state index contributed by atoms with van der Waals surface area (Å²) in [5.74, 6) is 1.60. The van der Waals surface area contributed by atoms with Gasteiger partial charge in [-0.1, -0.05) is 35.9 Å². The van der Waals surface area contributed by atoms with Crippen LogP contribution in [0, 0.1) is 0 Å². The Labute approximate surface area is 122 Å². The quantitative estimate of drug-likeness (QED) is 0.711. The highest BCUT2D eigenvalue weighted by Crippen LogP contribution is 2.27. The number of hydrogen-bond donors (Lipinski definition) is 0. The van der Waals surface area contributed by atoms with Crippen LogP contribution in [0.5, 0.6) is 0 Å². The van der Waals surface area contributed by atoms with Crippen molar-refractivity contribution in [3.8, 4) is 11.4 Å². The van der Waals surface area contributed by atoms with Crippen molar-refractivity contribution in [3.63, 3.8) is 0 Å². The Balaban J connectivity index is 2.27. The maximum Gasteiger partial charge on any atom is 0.162 e. The Kier molecular flexibility index (Phi) is 3.28. The average Bonchev–Trinajstić information content (AvgIpc) is 2.46. The Hall–Kier alpha value is -2.13. The van der Waals surface area contributed by atoms with Crippen LogP contribution in [0.3, 0.4) is 0 Å². The molecule has 0 aliphatic heterocycles. The monoisotopic (exact) mass is 283 g/mol. The van der Waals surface area contributed by atoms with Crippen LogP contribution in [0.4, 0.5) is 5.82 Å². The Morgan fingerprint density at radius 2 is 1.75 bits per heavy atom. The average molecular weight is 284 g/mol. The van der Waals surface area contributed by atoms with Gasteiger partial charge < -0.3 is 4.90 Å². The van der Waals surface area contributed by atoms with Gasteiger partial charge in [0.2, 0.25) is 0 Å². The zero-order valence-electron chi connectivity index (χ0n) is 11.3. The molecule has 0 spiro atoms. The minimum atomic E-state index is 0.686. The Morgan fingerprint density at radius 1 is 0.950 bits per heavy atom. The van der Waals surface area contributed by atoms with Crippen LogP contribution in [-0.2, 0) is 0 Å². The maximum absolute atomic E-state index is 6.05. The van der Waals surface area contributed by atoms with Gasteiger partial charge in [-0.2, -0.15) is 0 Å². The highest BCUT2D eigenvalue weighted by molar-refractivity contribution is 6.30. The summed E-state index contributed by atoms with van der Waals surface area (Å²) in [6.45, 7) is 0. The first kappa shape index (κ1) is 12.9. The van der Waals surface area contributed by atoms with Gasteiger partial charge in [-0.05, 0) is 24.3 Å². The highest BCUT2D eigenvalue weighted by Gasteiger charge is 2.10. The lowest BCUT2D eigenvalue weighted by atomic mass is 10.2. The van der Waals surface area contributed by atoms with E-state index < -0.39 is 0 Å². The molecule has 4 heteroatoms. The van der Waals surface area contributed by atoms with Gasteiger partial charge in [0.15, 0.2) is 5.82 Å². The van der Waals surface area contributed by atoms with Crippen LogP contribution in [0.15, 0.2) is 48.5 Å². The van der Waals surface area contributed by atoms with Crippen LogP contribution < -0.4 is 4.90 Å². The summed E-state index contributed by atoms with van der Waals surface area (Å²) in [5, 5.41) is 1.73. The third-order valence-corrected chi connectivity index (χ3v) is 3.32. The van der Waals surface area contributed by atoms with Gasteiger partial charge in [0.05, 0.1) is 5.52 Å². The maximum atomic E-state index is 6.05. The van der Waals surface area contributed by atoms with E-state index in [1.165, 1.54) is 0 Å². The number of hydrogen-bond acceptors (Lipinski definition) is 3. The smallest absolute Gasteiger partial charge is 0.162 e. The molecule has 0 radical (unpaired) electrons. The van der Waals surface area contributed by atoms with E-state index in [1.54, 1.807) is 0 Å². The lowest BCUT2D eigenvalue weighted by molar-refractivity contribution is 1.07. The fourth-order valence-corrected chi connectivity index (χ4v) is 2.35. The molecule has 0 saturated carbocycles. The van der Waals surface area contributed by atoms with Gasteiger partial charge in [0.1, 0.15) is 5.82 Å². The van der Waals surface area contributed by atoms with Crippen molar-refractivity contribution in [2.24, 2.45) is 0 Å². The van der Waals surface area contributed by atoms with Crippen molar-refractivity contribution in [3.05, 3.63) is 53.6 Å². The molecule has 0 amide bonds. The lowest BCUT2D eigenvalue weighted by Crippen LogP contribution is -2.12. The molecule has 0 aliphatic rings. The number of fused-ring (bicyclic) bond motifs is 1. The second-order valence-electron chi connectivity index (χ2n) is 4.79. The molecule has 2 aromatic carbocycles. The van der Waals surface area contributed by atoms with E-state index in [-0.39, 0.29) is 0 Å². The van der Waals surface area contributed by atoms with Gasteiger partial charge in [0.25, 0.3) is 0 Å². The van der Waals surface area contributed by atoms with E-state index in [2.05, 4.69) is 9.97 Å². The largest absolute Gasteiger partial charge is 0.362 e. The molecule has 0 atom stereocenters. The van der Waals surface area contributed by atoms with Crippen LogP contribution in [0.2, 0.25) is 5.02 Å². The number of benzene rings is 2. The zero-order valence-corrected chi connectivity index (χ0v) is 12.1. The van der Waals surface area contributed by atoms with Gasteiger partial charge in [-0.15, -0.1) is 0 Å². The molecule has 3 rings (SSSR count). The highest BCUT2D eigenvalue weighted by atomic mass is 35.5. The molecule has 0 N–H and O–H groups in total. The first-order valence-electron chi connectivity index (χ1n) is 6.35. The molecule has 3 nitrogen and oxygen atoms in total. The summed E-state index contributed by atoms with van der Waals surface area (Å²) < 4.78 is 0. The van der Waals surface area contributed by atoms with Crippen LogP contribution in [0.1, 0.15) is 0 Å². The van der Waals surface area contributed by atoms with Crippen LogP contribution >= 0.6 is 11.6 Å². The molecular weight excluding hydrogens is 270 g/mol. The van der Waals surface area contributed by atoms with Crippen molar-refractivity contribution >= 4 is 28.3 Å². The van der Waals surface area contributed by atoms with E-state index in [9.17, 15) is 0 Å². The van der Waals surface area contributed by atoms with Gasteiger partial charge in [-0.3, -0.25) is 0 Å². The minimum absolute atomic E-state index is 0.686. The predicted molar refractivity (Wildman–Crippen MR) is 84.3 cm³/mol. The molecule has 1 heterocycles. The van der Waals surface area contributed by atoms with Gasteiger partial charge >= 0.3 is 0 Å². The molecule has 100 valence electrons. The number of anilines is 1. The molecule has 0 unspecified atom stereocenters. The first-order chi connectivity index (χ1) is 9.65. The molecule has 20 heavy (non-hydrogen) atoms. The number of rotatable bonds is 2. The Morgan fingerprint density at radius 3 is 2.50 bits per heavy atom. The molecule has 0 aliphatic carbocycles. The summed E-state index contributed by atoms with van der Waals surface area (Å²) in [6, 6.07) is 15.6. The summed E-state index contributed by atoms with van der Waals surface area (Å²) >= 11 is 6.05. The standard InChI is InChI=1S/C16H14ClN3/c1-20(2)16-13-8-3-4-9-14(13)18-15(19-16)11-6-5-7-12(17)10-11/h3-10H,1-2H3. The van der Waals surface area contributed by atoms with E-state index in [0.29, 0.717) is 10.8 Å². The summed E-state index contributed by atoms with van der Waals surface area (Å²) in [4.78, 5) is 11.3. The molecule has 3 aromatic rings. The fourth-order valence-electron chi connectivity index (χ4n) is 2.16. The molecule has 0 bridgehead atoms. The third-order valence-electron chi connectivity index (χ3n) is 3.09. The number of aromatic nitrogens is 2. The van der Waals surface area contributed by atoms with E-state index in [0.717, 1.165) is 22.3 Å². The number of nitrogens with zero attached hydrogens (tertiary/aromatic N) is 3. The number of halogens is 1. The topological polar surface area (TPSA) is 29.0 Å². The second kappa shape index (κ2) is 5.10. The lowest BCUT2D eigenvalue weighted by Gasteiger charge is -2.15. The normalized spacial score (nSPS) is 10.8. The van der Waals surface area contributed by atoms with Crippen molar-refractivity contribution in [2.45, 2.75) is 0 Å². The minimum Gasteiger partial charge on any atom is -0.362 e. The first-order valence-corrected chi connectivity index (χ1v) is 6.73. The summed E-state index contributed by atoms with van der Waals surface area (Å²) in [6.07, 6.45) is 0. The molecule has 1 aromatic heterocycles. The Bertz CT molecular complexity index is 769. The molecular formula is C16H14ClN3. The SMILES string of the molecule is CN(C)c1nc(-c2cccc(Cl)c2)nc2ccccc12. The van der Waals surface area contributed by atoms with Crippen molar-refractivity contribution in [2.75, 3.05) is 19.0 Å². The third kappa shape index (κ3) is 2.32. The molecule has 0 fully saturated rings. The van der Waals surface area contributed by atoms with Crippen molar-refractivity contribution in [1.82, 2.24) is 9.97 Å². The van der Waals surface area contributed by atoms with E-state index in [1.807, 2.05) is 67.5 Å². The van der Waals surface area contributed by atoms with Gasteiger partial charge in [0, 0.05) is 30.1 Å². The molecule has 0 saturated heterocycles. The zero-order chi connectivity index (χ0) is 14.1. The van der Waals surface area contributed by atoms with Crippen LogP contribution in [-0.4, -0.2) is 24.1 Å². The van der Waals surface area contributed by atoms with E-state index >= 15 is 0 Å². The van der Waals surface area contributed by atoms with Gasteiger partial charge in [-0.25, -0.2) is 9.97 Å². The van der Waals surface area contributed by atoms with E-state index in [4.69, 9.17) is 11.6 Å².